The Labute approximate surface area is 115 Å². The summed E-state index contributed by atoms with van der Waals surface area (Å²) in [5.74, 6) is 0. The van der Waals surface area contributed by atoms with Crippen LogP contribution in [0.3, 0.4) is 0 Å². The van der Waals surface area contributed by atoms with E-state index in [1.807, 2.05) is 12.1 Å². The Morgan fingerprint density at radius 3 is 2.58 bits per heavy atom. The van der Waals surface area contributed by atoms with Gasteiger partial charge in [-0.05, 0) is 49.9 Å². The van der Waals surface area contributed by atoms with Crippen molar-refractivity contribution in [3.63, 3.8) is 0 Å². The average molecular weight is 255 g/mol. The van der Waals surface area contributed by atoms with E-state index < -0.39 is 0 Å². The van der Waals surface area contributed by atoms with Gasteiger partial charge in [0, 0.05) is 25.2 Å². The van der Waals surface area contributed by atoms with Crippen LogP contribution < -0.4 is 5.32 Å². The van der Waals surface area contributed by atoms with Gasteiger partial charge in [0.1, 0.15) is 0 Å². The van der Waals surface area contributed by atoms with Crippen molar-refractivity contribution >= 4 is 0 Å². The van der Waals surface area contributed by atoms with Gasteiger partial charge < -0.3 is 5.32 Å². The zero-order valence-corrected chi connectivity index (χ0v) is 11.3. The molecule has 0 bridgehead atoms. The Balaban J connectivity index is 1.61. The van der Waals surface area contributed by atoms with E-state index in [2.05, 4.69) is 28.4 Å². The summed E-state index contributed by atoms with van der Waals surface area (Å²) in [5.41, 5.74) is 2.07. The monoisotopic (exact) mass is 255 g/mol. The lowest BCUT2D eigenvalue weighted by Gasteiger charge is -2.25. The molecule has 0 aromatic heterocycles. The molecular weight excluding hydrogens is 234 g/mol. The molecule has 2 aliphatic rings. The maximum absolute atomic E-state index is 8.83. The van der Waals surface area contributed by atoms with E-state index in [0.717, 1.165) is 18.2 Å². The van der Waals surface area contributed by atoms with Gasteiger partial charge in [0.2, 0.25) is 0 Å². The summed E-state index contributed by atoms with van der Waals surface area (Å²) in [6.45, 7) is 3.37. The molecule has 1 saturated carbocycles. The quantitative estimate of drug-likeness (QED) is 0.877. The minimum atomic E-state index is 0.680. The second-order valence-electron chi connectivity index (χ2n) is 5.76. The van der Waals surface area contributed by atoms with Crippen LogP contribution in [0.1, 0.15) is 36.8 Å². The fourth-order valence-corrected chi connectivity index (χ4v) is 2.90. The Hall–Kier alpha value is -1.37. The zero-order valence-electron chi connectivity index (χ0n) is 11.3. The third kappa shape index (κ3) is 3.34. The molecule has 1 aliphatic heterocycles. The summed E-state index contributed by atoms with van der Waals surface area (Å²) >= 11 is 0. The molecule has 1 aliphatic carbocycles. The van der Waals surface area contributed by atoms with Crippen LogP contribution in [0, 0.1) is 11.3 Å². The number of nitrogens with zero attached hydrogens (tertiary/aromatic N) is 2. The van der Waals surface area contributed by atoms with Gasteiger partial charge in [-0.2, -0.15) is 5.26 Å². The van der Waals surface area contributed by atoms with E-state index in [9.17, 15) is 0 Å². The van der Waals surface area contributed by atoms with Gasteiger partial charge in [0.25, 0.3) is 0 Å². The molecule has 19 heavy (non-hydrogen) atoms. The molecule has 3 nitrogen and oxygen atoms in total. The molecule has 1 aromatic rings. The third-order valence-corrected chi connectivity index (χ3v) is 4.15. The summed E-state index contributed by atoms with van der Waals surface area (Å²) in [5, 5.41) is 12.4. The minimum Gasteiger partial charge on any atom is -0.313 e. The number of nitrogens with one attached hydrogen (secondary N) is 1. The Kier molecular flexibility index (Phi) is 3.82. The molecule has 3 heteroatoms. The molecule has 1 heterocycles. The van der Waals surface area contributed by atoms with Crippen LogP contribution in [0.25, 0.3) is 0 Å². The normalized spacial score (nSPS) is 22.6. The number of benzene rings is 1. The summed E-state index contributed by atoms with van der Waals surface area (Å²) in [4.78, 5) is 2.62. The Morgan fingerprint density at radius 2 is 2.00 bits per heavy atom. The van der Waals surface area contributed by atoms with E-state index in [1.54, 1.807) is 0 Å². The number of hydrogen-bond donors (Lipinski definition) is 1. The van der Waals surface area contributed by atoms with E-state index in [4.69, 9.17) is 5.26 Å². The molecule has 0 amide bonds. The van der Waals surface area contributed by atoms with Gasteiger partial charge in [-0.25, -0.2) is 0 Å². The molecular formula is C16H21N3. The predicted octanol–water partition coefficient (Wildman–Crippen LogP) is 2.27. The number of rotatable bonds is 5. The van der Waals surface area contributed by atoms with Crippen LogP contribution in [-0.2, 0) is 6.54 Å². The van der Waals surface area contributed by atoms with E-state index in [-0.39, 0.29) is 0 Å². The molecule has 0 spiro atoms. The highest BCUT2D eigenvalue weighted by molar-refractivity contribution is 5.31. The zero-order chi connectivity index (χ0) is 13.1. The van der Waals surface area contributed by atoms with Gasteiger partial charge in [-0.1, -0.05) is 12.1 Å². The van der Waals surface area contributed by atoms with Crippen molar-refractivity contribution in [1.82, 2.24) is 10.2 Å². The molecule has 1 N–H and O–H groups in total. The van der Waals surface area contributed by atoms with E-state index in [0.29, 0.717) is 6.04 Å². The van der Waals surface area contributed by atoms with Crippen molar-refractivity contribution in [3.05, 3.63) is 35.4 Å². The van der Waals surface area contributed by atoms with Crippen molar-refractivity contribution in [2.45, 2.75) is 44.3 Å². The largest absolute Gasteiger partial charge is 0.313 e. The Bertz CT molecular complexity index is 450. The van der Waals surface area contributed by atoms with Gasteiger partial charge in [-0.15, -0.1) is 0 Å². The summed E-state index contributed by atoms with van der Waals surface area (Å²) in [6, 6.07) is 11.7. The van der Waals surface area contributed by atoms with Gasteiger partial charge in [-0.3, -0.25) is 4.90 Å². The predicted molar refractivity (Wildman–Crippen MR) is 75.6 cm³/mol. The van der Waals surface area contributed by atoms with Crippen molar-refractivity contribution < 1.29 is 0 Å². The average Bonchev–Trinajstić information content (AvgIpc) is 3.17. The van der Waals surface area contributed by atoms with Crippen LogP contribution >= 0.6 is 0 Å². The molecule has 1 unspecified atom stereocenters. The maximum atomic E-state index is 8.83. The molecule has 1 atom stereocenters. The fraction of sp³-hybridized carbons (Fsp3) is 0.562. The van der Waals surface area contributed by atoms with Gasteiger partial charge in [0.15, 0.2) is 0 Å². The summed E-state index contributed by atoms with van der Waals surface area (Å²) in [7, 11) is 0. The van der Waals surface area contributed by atoms with Crippen molar-refractivity contribution in [2.75, 3.05) is 13.1 Å². The standard InChI is InChI=1S/C16H21N3/c17-10-13-3-5-14(6-4-13)11-19(16-7-8-16)12-15-2-1-9-18-15/h3-6,15-16,18H,1-2,7-9,11-12H2. The number of nitriles is 1. The van der Waals surface area contributed by atoms with Crippen LogP contribution in [0.15, 0.2) is 24.3 Å². The topological polar surface area (TPSA) is 39.1 Å². The molecule has 2 fully saturated rings. The first-order valence-corrected chi connectivity index (χ1v) is 7.31. The highest BCUT2D eigenvalue weighted by atomic mass is 15.2. The van der Waals surface area contributed by atoms with Crippen molar-refractivity contribution in [2.24, 2.45) is 0 Å². The van der Waals surface area contributed by atoms with Crippen molar-refractivity contribution in [3.8, 4) is 6.07 Å². The third-order valence-electron chi connectivity index (χ3n) is 4.15. The lowest BCUT2D eigenvalue weighted by atomic mass is 10.1. The SMILES string of the molecule is N#Cc1ccc(CN(CC2CCCN2)C2CC2)cc1. The summed E-state index contributed by atoms with van der Waals surface area (Å²) in [6.07, 6.45) is 5.34. The molecule has 1 saturated heterocycles. The second-order valence-corrected chi connectivity index (χ2v) is 5.76. The van der Waals surface area contributed by atoms with Gasteiger partial charge >= 0.3 is 0 Å². The Morgan fingerprint density at radius 1 is 1.21 bits per heavy atom. The van der Waals surface area contributed by atoms with E-state index >= 15 is 0 Å². The molecule has 3 rings (SSSR count). The van der Waals surface area contributed by atoms with Crippen molar-refractivity contribution in [1.29, 1.82) is 5.26 Å². The first-order chi connectivity index (χ1) is 9.35. The number of hydrogen-bond acceptors (Lipinski definition) is 3. The van der Waals surface area contributed by atoms with Crippen LogP contribution in [0.5, 0.6) is 0 Å². The fourth-order valence-electron chi connectivity index (χ4n) is 2.90. The summed E-state index contributed by atoms with van der Waals surface area (Å²) < 4.78 is 0. The van der Waals surface area contributed by atoms with Gasteiger partial charge in [0.05, 0.1) is 11.6 Å². The lowest BCUT2D eigenvalue weighted by molar-refractivity contribution is 0.231. The highest BCUT2D eigenvalue weighted by Crippen LogP contribution is 2.29. The first-order valence-electron chi connectivity index (χ1n) is 7.31. The first kappa shape index (κ1) is 12.7. The van der Waals surface area contributed by atoms with Crippen LogP contribution in [0.2, 0.25) is 0 Å². The minimum absolute atomic E-state index is 0.680. The highest BCUT2D eigenvalue weighted by Gasteiger charge is 2.31. The second kappa shape index (κ2) is 5.73. The molecule has 1 aromatic carbocycles. The van der Waals surface area contributed by atoms with Crippen LogP contribution in [-0.4, -0.2) is 30.1 Å². The maximum Gasteiger partial charge on any atom is 0.0991 e. The van der Waals surface area contributed by atoms with E-state index in [1.165, 1.54) is 44.3 Å². The van der Waals surface area contributed by atoms with Crippen LogP contribution in [0.4, 0.5) is 0 Å². The molecule has 100 valence electrons. The lowest BCUT2D eigenvalue weighted by Crippen LogP contribution is -2.38. The molecule has 0 radical (unpaired) electrons. The smallest absolute Gasteiger partial charge is 0.0991 e.